The molecule has 0 aliphatic heterocycles. The van der Waals surface area contributed by atoms with Gasteiger partial charge < -0.3 is 5.32 Å². The van der Waals surface area contributed by atoms with E-state index in [1.54, 1.807) is 0 Å². The van der Waals surface area contributed by atoms with Gasteiger partial charge in [0.05, 0.1) is 5.56 Å². The molecule has 0 heterocycles. The van der Waals surface area contributed by atoms with Crippen LogP contribution < -0.4 is 5.32 Å². The van der Waals surface area contributed by atoms with Crippen LogP contribution in [-0.4, -0.2) is 11.9 Å². The van der Waals surface area contributed by atoms with Gasteiger partial charge in [0.15, 0.2) is 0 Å². The Kier molecular flexibility index (Phi) is 6.12. The van der Waals surface area contributed by atoms with Crippen LogP contribution in [0, 0.1) is 21.3 Å². The molecule has 1 saturated carbocycles. The van der Waals surface area contributed by atoms with Gasteiger partial charge >= 0.3 is 0 Å². The van der Waals surface area contributed by atoms with E-state index in [2.05, 4.69) is 64.6 Å². The van der Waals surface area contributed by atoms with Crippen molar-refractivity contribution in [3.8, 4) is 0 Å². The summed E-state index contributed by atoms with van der Waals surface area (Å²) in [5.74, 6) is 1.95. The maximum absolute atomic E-state index is 12.6. The summed E-state index contributed by atoms with van der Waals surface area (Å²) < 4.78 is 1.95. The predicted molar refractivity (Wildman–Crippen MR) is 99.5 cm³/mol. The number of amides is 1. The van der Waals surface area contributed by atoms with Crippen LogP contribution in [0.15, 0.2) is 22.7 Å². The second kappa shape index (κ2) is 7.44. The van der Waals surface area contributed by atoms with E-state index in [1.165, 1.54) is 12.8 Å². The topological polar surface area (TPSA) is 29.1 Å². The Labute approximate surface area is 149 Å². The number of hydrogen-bond acceptors (Lipinski definition) is 1. The van der Waals surface area contributed by atoms with Crippen molar-refractivity contribution in [2.45, 2.75) is 46.1 Å². The zero-order valence-electron chi connectivity index (χ0n) is 12.8. The van der Waals surface area contributed by atoms with Crippen molar-refractivity contribution in [1.82, 2.24) is 5.32 Å². The Morgan fingerprint density at radius 3 is 2.76 bits per heavy atom. The van der Waals surface area contributed by atoms with Crippen LogP contribution in [0.4, 0.5) is 0 Å². The van der Waals surface area contributed by atoms with Crippen molar-refractivity contribution < 1.29 is 4.79 Å². The fraction of sp³-hybridized carbons (Fsp3) is 0.588. The Morgan fingerprint density at radius 2 is 2.10 bits per heavy atom. The number of benzene rings is 1. The molecule has 1 fully saturated rings. The molecule has 4 heteroatoms. The molecule has 1 amide bonds. The molecule has 21 heavy (non-hydrogen) atoms. The number of hydrogen-bond donors (Lipinski definition) is 1. The third kappa shape index (κ3) is 4.44. The molecule has 116 valence electrons. The summed E-state index contributed by atoms with van der Waals surface area (Å²) >= 11 is 5.73. The Balaban J connectivity index is 2.14. The van der Waals surface area contributed by atoms with Crippen molar-refractivity contribution >= 4 is 44.4 Å². The van der Waals surface area contributed by atoms with E-state index in [9.17, 15) is 4.79 Å². The van der Waals surface area contributed by atoms with Gasteiger partial charge in [0.25, 0.3) is 5.91 Å². The molecule has 1 aliphatic rings. The fourth-order valence-electron chi connectivity index (χ4n) is 3.29. The summed E-state index contributed by atoms with van der Waals surface area (Å²) in [5, 5.41) is 3.29. The molecule has 1 N–H and O–H groups in total. The minimum absolute atomic E-state index is 0.0464. The fourth-order valence-corrected chi connectivity index (χ4v) is 4.20. The summed E-state index contributed by atoms with van der Waals surface area (Å²) in [6, 6.07) is 6.18. The number of halogens is 2. The largest absolute Gasteiger partial charge is 0.349 e. The van der Waals surface area contributed by atoms with E-state index in [1.807, 2.05) is 18.2 Å². The van der Waals surface area contributed by atoms with Crippen LogP contribution in [0.3, 0.4) is 0 Å². The van der Waals surface area contributed by atoms with E-state index < -0.39 is 0 Å². The number of nitrogens with one attached hydrogen (secondary N) is 1. The highest BCUT2D eigenvalue weighted by Crippen LogP contribution is 2.33. The minimum atomic E-state index is 0.0464. The number of rotatable bonds is 3. The van der Waals surface area contributed by atoms with Gasteiger partial charge in [0, 0.05) is 14.1 Å². The molecule has 2 nitrogen and oxygen atoms in total. The second-order valence-corrected chi connectivity index (χ2v) is 8.63. The molecule has 1 aliphatic carbocycles. The lowest BCUT2D eigenvalue weighted by molar-refractivity contribution is 0.0867. The molecule has 2 rings (SSSR count). The lowest BCUT2D eigenvalue weighted by Gasteiger charge is -2.37. The monoisotopic (exact) mass is 463 g/mol. The van der Waals surface area contributed by atoms with E-state index in [0.29, 0.717) is 23.8 Å². The second-order valence-electron chi connectivity index (χ2n) is 6.53. The molecule has 1 aromatic carbocycles. The summed E-state index contributed by atoms with van der Waals surface area (Å²) in [4.78, 5) is 12.6. The highest BCUT2D eigenvalue weighted by Gasteiger charge is 2.32. The van der Waals surface area contributed by atoms with Gasteiger partial charge in [0.2, 0.25) is 0 Å². The van der Waals surface area contributed by atoms with E-state index in [4.69, 9.17) is 0 Å². The number of carbonyl (C=O) groups excluding carboxylic acids is 1. The lowest BCUT2D eigenvalue weighted by atomic mass is 9.74. The summed E-state index contributed by atoms with van der Waals surface area (Å²) in [7, 11) is 0. The van der Waals surface area contributed by atoms with Gasteiger partial charge in [-0.25, -0.2) is 0 Å². The maximum atomic E-state index is 12.6. The van der Waals surface area contributed by atoms with E-state index >= 15 is 0 Å². The maximum Gasteiger partial charge on any atom is 0.252 e. The Bertz CT molecular complexity index is 518. The van der Waals surface area contributed by atoms with Crippen LogP contribution in [0.25, 0.3) is 0 Å². The van der Waals surface area contributed by atoms with E-state index in [-0.39, 0.29) is 5.91 Å². The highest BCUT2D eigenvalue weighted by molar-refractivity contribution is 14.1. The van der Waals surface area contributed by atoms with Crippen molar-refractivity contribution in [3.05, 3.63) is 31.8 Å². The average molecular weight is 464 g/mol. The van der Waals surface area contributed by atoms with E-state index in [0.717, 1.165) is 20.0 Å². The van der Waals surface area contributed by atoms with Crippen LogP contribution in [0.2, 0.25) is 0 Å². The summed E-state index contributed by atoms with van der Waals surface area (Å²) in [6.07, 6.45) is 3.59. The van der Waals surface area contributed by atoms with Gasteiger partial charge in [0.1, 0.15) is 0 Å². The van der Waals surface area contributed by atoms with Gasteiger partial charge in [-0.05, 0) is 87.3 Å². The normalized spacial score (nSPS) is 25.9. The smallest absolute Gasteiger partial charge is 0.252 e. The van der Waals surface area contributed by atoms with Gasteiger partial charge in [-0.3, -0.25) is 4.79 Å². The molecule has 0 aromatic heterocycles. The molecule has 0 bridgehead atoms. The van der Waals surface area contributed by atoms with Crippen LogP contribution in [0.1, 0.15) is 50.4 Å². The van der Waals surface area contributed by atoms with Crippen molar-refractivity contribution in [2.75, 3.05) is 0 Å². The predicted octanol–water partition coefficient (Wildman–Crippen LogP) is 5.24. The third-order valence-electron chi connectivity index (χ3n) is 4.51. The van der Waals surface area contributed by atoms with Crippen molar-refractivity contribution in [3.63, 3.8) is 0 Å². The first-order valence-electron chi connectivity index (χ1n) is 7.64. The first kappa shape index (κ1) is 17.3. The molecule has 0 spiro atoms. The molecular formula is C17H23BrINO. The van der Waals surface area contributed by atoms with Gasteiger partial charge in [-0.15, -0.1) is 0 Å². The summed E-state index contributed by atoms with van der Waals surface area (Å²) in [5.41, 5.74) is 0.739. The SMILES string of the molecule is CC1CCC(C(C)C)C(NC(=O)c2cc(I)ccc2Br)C1. The molecule has 1 aromatic rings. The highest BCUT2D eigenvalue weighted by atomic mass is 127. The number of carbonyl (C=O) groups is 1. The molecule has 0 saturated heterocycles. The minimum Gasteiger partial charge on any atom is -0.349 e. The third-order valence-corrected chi connectivity index (χ3v) is 5.87. The van der Waals surface area contributed by atoms with Gasteiger partial charge in [-0.1, -0.05) is 27.2 Å². The first-order chi connectivity index (χ1) is 9.88. The molecular weight excluding hydrogens is 441 g/mol. The quantitative estimate of drug-likeness (QED) is 0.609. The van der Waals surface area contributed by atoms with Gasteiger partial charge in [-0.2, -0.15) is 0 Å². The van der Waals surface area contributed by atoms with Crippen molar-refractivity contribution in [1.29, 1.82) is 0 Å². The molecule has 3 atom stereocenters. The van der Waals surface area contributed by atoms with Crippen LogP contribution in [-0.2, 0) is 0 Å². The lowest BCUT2D eigenvalue weighted by Crippen LogP contribution is -2.45. The Morgan fingerprint density at radius 1 is 1.38 bits per heavy atom. The zero-order valence-corrected chi connectivity index (χ0v) is 16.6. The summed E-state index contributed by atoms with van der Waals surface area (Å²) in [6.45, 7) is 6.82. The Hall–Kier alpha value is -0.100. The van der Waals surface area contributed by atoms with Crippen LogP contribution in [0.5, 0.6) is 0 Å². The van der Waals surface area contributed by atoms with Crippen molar-refractivity contribution in [2.24, 2.45) is 17.8 Å². The molecule has 0 radical (unpaired) electrons. The standard InChI is InChI=1S/C17H23BrINO/c1-10(2)13-6-4-11(3)8-16(13)20-17(21)14-9-12(19)5-7-15(14)18/h5,7,9-11,13,16H,4,6,8H2,1-3H3,(H,20,21). The molecule has 3 unspecified atom stereocenters. The first-order valence-corrected chi connectivity index (χ1v) is 9.51. The average Bonchev–Trinajstić information content (AvgIpc) is 2.41. The zero-order chi connectivity index (χ0) is 15.6. The van der Waals surface area contributed by atoms with Crippen LogP contribution >= 0.6 is 38.5 Å².